The molecule has 4 N–H and O–H groups in total. The Hall–Kier alpha value is -4.82. The first kappa shape index (κ1) is 28.7. The van der Waals surface area contributed by atoms with E-state index in [4.69, 9.17) is 30.5 Å². The average molecular weight is 548 g/mol. The van der Waals surface area contributed by atoms with Crippen molar-refractivity contribution in [1.29, 1.82) is 0 Å². The van der Waals surface area contributed by atoms with E-state index in [1.807, 2.05) is 0 Å². The van der Waals surface area contributed by atoms with Crippen molar-refractivity contribution >= 4 is 23.5 Å². The number of aliphatic hydroxyl groups is 3. The number of aliphatic carboxylic acids is 1. The van der Waals surface area contributed by atoms with Crippen LogP contribution in [0.4, 0.5) is 16.2 Å². The largest absolute Gasteiger partial charge is 0.514 e. The van der Waals surface area contributed by atoms with Crippen LogP contribution in [-0.2, 0) is 14.3 Å². The number of nitro benzene ring substituents is 2. The van der Waals surface area contributed by atoms with Crippen molar-refractivity contribution in [1.82, 2.24) is 0 Å². The maximum Gasteiger partial charge on any atom is 0.514 e. The molecule has 1 heterocycles. The number of terminal acetylenes is 1. The summed E-state index contributed by atoms with van der Waals surface area (Å²) in [6.45, 7) is 0. The summed E-state index contributed by atoms with van der Waals surface area (Å²) in [7, 11) is 0. The molecule has 16 heteroatoms. The number of carbonyl (C=O) groups is 2. The molecule has 16 nitrogen and oxygen atoms in total. The Labute approximate surface area is 218 Å². The topological polar surface area (TPSA) is 238 Å². The summed E-state index contributed by atoms with van der Waals surface area (Å²) >= 11 is 0. The number of benzene rings is 2. The van der Waals surface area contributed by atoms with Gasteiger partial charge in [0, 0.05) is 23.8 Å². The van der Waals surface area contributed by atoms with Crippen LogP contribution in [-0.4, -0.2) is 73.1 Å². The lowest BCUT2D eigenvalue weighted by Gasteiger charge is -2.38. The summed E-state index contributed by atoms with van der Waals surface area (Å²) < 4.78 is 20.4. The van der Waals surface area contributed by atoms with Crippen LogP contribution >= 0.6 is 0 Å². The third-order valence-corrected chi connectivity index (χ3v) is 5.40. The Morgan fingerprint density at radius 1 is 1.03 bits per heavy atom. The number of hydrogen-bond acceptors (Lipinski definition) is 13. The molecule has 0 saturated carbocycles. The van der Waals surface area contributed by atoms with E-state index in [1.54, 1.807) is 0 Å². The highest BCUT2D eigenvalue weighted by Crippen LogP contribution is 2.35. The number of hydrogen-bond donors (Lipinski definition) is 4. The van der Waals surface area contributed by atoms with Gasteiger partial charge in [0.05, 0.1) is 16.3 Å². The van der Waals surface area contributed by atoms with Gasteiger partial charge in [-0.2, -0.15) is 0 Å². The molecule has 1 fully saturated rings. The highest BCUT2D eigenvalue weighted by Gasteiger charge is 2.48. The number of carbonyl (C=O) groups excluding carboxylic acids is 1. The van der Waals surface area contributed by atoms with E-state index in [0.29, 0.717) is 0 Å². The lowest BCUT2D eigenvalue weighted by molar-refractivity contribution is -0.387. The Morgan fingerprint density at radius 3 is 2.26 bits per heavy atom. The summed E-state index contributed by atoms with van der Waals surface area (Å²) in [4.78, 5) is 44.5. The number of nitrogens with zero attached hydrogens (tertiary/aromatic N) is 2. The molecular weight excluding hydrogens is 528 g/mol. The molecular formula is C23H20N2O14. The number of non-ortho nitro benzene ring substituents is 1. The van der Waals surface area contributed by atoms with Crippen molar-refractivity contribution in [2.24, 2.45) is 0 Å². The maximum atomic E-state index is 12.3. The second-order valence-corrected chi connectivity index (χ2v) is 7.96. The molecule has 1 aliphatic rings. The van der Waals surface area contributed by atoms with Gasteiger partial charge < -0.3 is 39.4 Å². The van der Waals surface area contributed by atoms with Crippen LogP contribution in [0, 0.1) is 32.6 Å². The van der Waals surface area contributed by atoms with Crippen molar-refractivity contribution in [2.45, 2.75) is 43.2 Å². The molecule has 1 saturated heterocycles. The Bertz CT molecular complexity index is 1290. The zero-order valence-electron chi connectivity index (χ0n) is 19.6. The van der Waals surface area contributed by atoms with E-state index in [-0.39, 0.29) is 23.4 Å². The van der Waals surface area contributed by atoms with Gasteiger partial charge in [-0.3, -0.25) is 20.2 Å². The van der Waals surface area contributed by atoms with Gasteiger partial charge in [0.1, 0.15) is 30.2 Å². The van der Waals surface area contributed by atoms with Gasteiger partial charge in [0.2, 0.25) is 6.29 Å². The second kappa shape index (κ2) is 12.1. The maximum absolute atomic E-state index is 12.3. The van der Waals surface area contributed by atoms with Crippen LogP contribution < -0.4 is 9.47 Å². The van der Waals surface area contributed by atoms with Crippen molar-refractivity contribution in [2.75, 3.05) is 0 Å². The standard InChI is InChI=1S/C23H20N2O14/c1-2-3-15(38-23(31)36-13-7-5-12(6-8-13)24(32)33)11-4-9-16(14(10-11)25(34)35)37-22-19(28)17(26)18(27)20(39-22)21(29)30/h1,4-10,15,17-20,22,26-28H,3H2,(H,29,30)/t15-,17+,18+,19-,20+,22-/m1/s1. The van der Waals surface area contributed by atoms with Gasteiger partial charge in [-0.05, 0) is 18.2 Å². The van der Waals surface area contributed by atoms with E-state index in [9.17, 15) is 45.1 Å². The molecule has 0 aromatic heterocycles. The molecule has 2 aromatic carbocycles. The van der Waals surface area contributed by atoms with Gasteiger partial charge >= 0.3 is 17.8 Å². The van der Waals surface area contributed by atoms with Crippen molar-refractivity contribution < 1.29 is 58.8 Å². The van der Waals surface area contributed by atoms with E-state index in [1.165, 1.54) is 6.07 Å². The molecule has 39 heavy (non-hydrogen) atoms. The van der Waals surface area contributed by atoms with Gasteiger partial charge in [-0.15, -0.1) is 12.3 Å². The molecule has 6 atom stereocenters. The predicted molar refractivity (Wildman–Crippen MR) is 124 cm³/mol. The zero-order chi connectivity index (χ0) is 28.9. The number of rotatable bonds is 9. The second-order valence-electron chi connectivity index (χ2n) is 7.96. The van der Waals surface area contributed by atoms with E-state index < -0.39 is 70.2 Å². The minimum Gasteiger partial charge on any atom is -0.479 e. The van der Waals surface area contributed by atoms with Gasteiger partial charge in [-0.25, -0.2) is 9.59 Å². The van der Waals surface area contributed by atoms with Crippen LogP contribution in [0.3, 0.4) is 0 Å². The van der Waals surface area contributed by atoms with Gasteiger partial charge in [0.15, 0.2) is 11.9 Å². The van der Waals surface area contributed by atoms with E-state index >= 15 is 0 Å². The molecule has 0 spiro atoms. The third kappa shape index (κ3) is 6.74. The van der Waals surface area contributed by atoms with Gasteiger partial charge in [-0.1, -0.05) is 6.07 Å². The fraction of sp³-hybridized carbons (Fsp3) is 0.304. The quantitative estimate of drug-likeness (QED) is 0.113. The SMILES string of the molecule is C#CC[C@@H](OC(=O)Oc1ccc([N+](=O)[O-])cc1)c1ccc(O[C@@H]2O[C@H](C(=O)O)[C@@H](O)[C@H](O)[C@H]2O)c([N+](=O)[O-])c1. The number of nitro groups is 2. The van der Waals surface area contributed by atoms with Crippen LogP contribution in [0.25, 0.3) is 0 Å². The molecule has 0 bridgehead atoms. The number of ether oxygens (including phenoxy) is 4. The van der Waals surface area contributed by atoms with E-state index in [2.05, 4.69) is 5.92 Å². The summed E-state index contributed by atoms with van der Waals surface area (Å²) in [5.74, 6) is -0.0386. The van der Waals surface area contributed by atoms with Gasteiger partial charge in [0.25, 0.3) is 5.69 Å². The van der Waals surface area contributed by atoms with Crippen molar-refractivity contribution in [3.8, 4) is 23.8 Å². The van der Waals surface area contributed by atoms with Crippen LogP contribution in [0.1, 0.15) is 18.1 Å². The summed E-state index contributed by atoms with van der Waals surface area (Å²) in [5, 5.41) is 61.4. The highest BCUT2D eigenvalue weighted by atomic mass is 16.7. The monoisotopic (exact) mass is 548 g/mol. The molecule has 2 aromatic rings. The molecule has 1 aliphatic heterocycles. The lowest BCUT2D eigenvalue weighted by Crippen LogP contribution is -2.61. The first-order valence-corrected chi connectivity index (χ1v) is 10.9. The molecule has 0 radical (unpaired) electrons. The first-order chi connectivity index (χ1) is 18.4. The summed E-state index contributed by atoms with van der Waals surface area (Å²) in [6, 6.07) is 7.68. The Morgan fingerprint density at radius 2 is 1.69 bits per heavy atom. The minimum absolute atomic E-state index is 0.0247. The molecule has 0 aliphatic carbocycles. The summed E-state index contributed by atoms with van der Waals surface area (Å²) in [6.07, 6.45) is -7.32. The number of carboxylic acid groups (broad SMARTS) is 1. The first-order valence-electron chi connectivity index (χ1n) is 10.9. The fourth-order valence-electron chi connectivity index (χ4n) is 3.46. The Kier molecular flexibility index (Phi) is 8.96. The summed E-state index contributed by atoms with van der Waals surface area (Å²) in [5.41, 5.74) is -0.951. The highest BCUT2D eigenvalue weighted by molar-refractivity contribution is 5.73. The number of carboxylic acids is 1. The van der Waals surface area contributed by atoms with Crippen LogP contribution in [0.5, 0.6) is 11.5 Å². The van der Waals surface area contributed by atoms with Crippen LogP contribution in [0.2, 0.25) is 0 Å². The average Bonchev–Trinajstić information content (AvgIpc) is 2.88. The number of aliphatic hydroxyl groups excluding tert-OH is 3. The Balaban J connectivity index is 1.80. The molecule has 3 rings (SSSR count). The third-order valence-electron chi connectivity index (χ3n) is 5.40. The fourth-order valence-corrected chi connectivity index (χ4v) is 3.46. The minimum atomic E-state index is -2.00. The smallest absolute Gasteiger partial charge is 0.479 e. The lowest BCUT2D eigenvalue weighted by atomic mass is 9.99. The zero-order valence-corrected chi connectivity index (χ0v) is 19.6. The molecule has 206 valence electrons. The molecule has 0 amide bonds. The van der Waals surface area contributed by atoms with Crippen LogP contribution in [0.15, 0.2) is 42.5 Å². The van der Waals surface area contributed by atoms with Crippen molar-refractivity contribution in [3.05, 3.63) is 68.3 Å². The normalized spacial score (nSPS) is 23.1. The van der Waals surface area contributed by atoms with E-state index in [0.717, 1.165) is 36.4 Å². The molecule has 0 unspecified atom stereocenters. The predicted octanol–water partition coefficient (Wildman–Crippen LogP) is 1.05. The van der Waals surface area contributed by atoms with Crippen molar-refractivity contribution in [3.63, 3.8) is 0 Å².